The molecule has 2 rings (SSSR count). The van der Waals surface area contributed by atoms with Crippen molar-refractivity contribution in [1.29, 1.82) is 0 Å². The molecule has 0 saturated heterocycles. The average Bonchev–Trinajstić information content (AvgIpc) is 2.94. The quantitative estimate of drug-likeness (QED) is 0.680. The van der Waals surface area contributed by atoms with E-state index in [0.717, 1.165) is 0 Å². The van der Waals surface area contributed by atoms with Crippen LogP contribution in [0.1, 0.15) is 12.8 Å². The van der Waals surface area contributed by atoms with E-state index in [1.54, 1.807) is 31.2 Å². The van der Waals surface area contributed by atoms with Gasteiger partial charge in [-0.25, -0.2) is 4.79 Å². The second kappa shape index (κ2) is 6.85. The molecule has 0 fully saturated rings. The Morgan fingerprint density at radius 2 is 2.10 bits per heavy atom. The van der Waals surface area contributed by atoms with Crippen LogP contribution in [0.2, 0.25) is 5.02 Å². The van der Waals surface area contributed by atoms with Gasteiger partial charge in [-0.05, 0) is 19.1 Å². The molecule has 0 atom stereocenters. The van der Waals surface area contributed by atoms with E-state index in [-0.39, 0.29) is 24.9 Å². The minimum atomic E-state index is -0.955. The molecule has 7 nitrogen and oxygen atoms in total. The summed E-state index contributed by atoms with van der Waals surface area (Å²) in [7, 11) is 0. The van der Waals surface area contributed by atoms with E-state index >= 15 is 0 Å². The summed E-state index contributed by atoms with van der Waals surface area (Å²) in [5.41, 5.74) is 0.592. The van der Waals surface area contributed by atoms with E-state index < -0.39 is 11.9 Å². The molecular formula is C13H12ClN3O4. The zero-order chi connectivity index (χ0) is 15.2. The van der Waals surface area contributed by atoms with Gasteiger partial charge >= 0.3 is 11.9 Å². The molecule has 1 N–H and O–H groups in total. The van der Waals surface area contributed by atoms with Crippen LogP contribution < -0.4 is 5.32 Å². The Morgan fingerprint density at radius 1 is 1.33 bits per heavy atom. The molecule has 0 unspecified atom stereocenters. The summed E-state index contributed by atoms with van der Waals surface area (Å²) in [5, 5.41) is 10.4. The summed E-state index contributed by atoms with van der Waals surface area (Å²) >= 11 is 6.01. The Hall–Kier alpha value is -2.41. The lowest BCUT2D eigenvalue weighted by Gasteiger charge is -2.01. The molecule has 1 heterocycles. The predicted octanol–water partition coefficient (Wildman–Crippen LogP) is 1.57. The van der Waals surface area contributed by atoms with E-state index in [1.807, 2.05) is 0 Å². The zero-order valence-electron chi connectivity index (χ0n) is 11.1. The van der Waals surface area contributed by atoms with Crippen molar-refractivity contribution in [2.45, 2.75) is 13.5 Å². The Balaban J connectivity index is 2.00. The second-order valence-electron chi connectivity index (χ2n) is 3.88. The third kappa shape index (κ3) is 3.79. The third-order valence-corrected chi connectivity index (χ3v) is 2.76. The molecule has 1 amide bonds. The Kier molecular flexibility index (Phi) is 4.89. The maximum Gasteiger partial charge on any atom is 0.396 e. The normalized spacial score (nSPS) is 10.2. The Morgan fingerprint density at radius 3 is 2.81 bits per heavy atom. The molecule has 0 spiro atoms. The zero-order valence-corrected chi connectivity index (χ0v) is 11.9. The summed E-state index contributed by atoms with van der Waals surface area (Å²) < 4.78 is 9.91. The van der Waals surface area contributed by atoms with Crippen molar-refractivity contribution in [3.05, 3.63) is 35.2 Å². The first-order valence-electron chi connectivity index (χ1n) is 6.14. The van der Waals surface area contributed by atoms with Crippen LogP contribution >= 0.6 is 11.6 Å². The number of ether oxygens (including phenoxy) is 1. The lowest BCUT2D eigenvalue weighted by molar-refractivity contribution is -0.154. The number of esters is 1. The van der Waals surface area contributed by atoms with Crippen LogP contribution in [0.15, 0.2) is 28.7 Å². The van der Waals surface area contributed by atoms with Crippen LogP contribution in [0, 0.1) is 0 Å². The van der Waals surface area contributed by atoms with Crippen molar-refractivity contribution < 1.29 is 18.7 Å². The van der Waals surface area contributed by atoms with Crippen LogP contribution in [0.5, 0.6) is 0 Å². The van der Waals surface area contributed by atoms with Crippen molar-refractivity contribution >= 4 is 23.5 Å². The minimum absolute atomic E-state index is 0.0743. The molecule has 21 heavy (non-hydrogen) atoms. The number of carbonyl (C=O) groups is 2. The number of halogens is 1. The van der Waals surface area contributed by atoms with E-state index in [9.17, 15) is 9.59 Å². The predicted molar refractivity (Wildman–Crippen MR) is 73.2 cm³/mol. The van der Waals surface area contributed by atoms with Crippen molar-refractivity contribution in [1.82, 2.24) is 15.5 Å². The number of nitrogens with one attached hydrogen (secondary N) is 1. The summed E-state index contributed by atoms with van der Waals surface area (Å²) in [5.74, 6) is -1.43. The number of rotatable bonds is 4. The van der Waals surface area contributed by atoms with Crippen LogP contribution in [0.4, 0.5) is 0 Å². The van der Waals surface area contributed by atoms with E-state index in [1.165, 1.54) is 0 Å². The second-order valence-corrected chi connectivity index (χ2v) is 4.29. The molecule has 0 aliphatic rings. The summed E-state index contributed by atoms with van der Waals surface area (Å²) in [6, 6.07) is 7.00. The molecule has 1 aromatic heterocycles. The summed E-state index contributed by atoms with van der Waals surface area (Å²) in [6.07, 6.45) is 0. The molecule has 8 heteroatoms. The van der Waals surface area contributed by atoms with Gasteiger partial charge in [-0.15, -0.1) is 10.2 Å². The fourth-order valence-corrected chi connectivity index (χ4v) is 1.71. The van der Waals surface area contributed by atoms with Gasteiger partial charge in [-0.1, -0.05) is 23.7 Å². The van der Waals surface area contributed by atoms with Gasteiger partial charge in [-0.3, -0.25) is 4.79 Å². The van der Waals surface area contributed by atoms with Crippen LogP contribution in [-0.2, 0) is 20.9 Å². The van der Waals surface area contributed by atoms with Gasteiger partial charge in [0.1, 0.15) is 0 Å². The molecular weight excluding hydrogens is 298 g/mol. The number of carbonyl (C=O) groups excluding carboxylic acids is 2. The Labute approximate surface area is 125 Å². The first kappa shape index (κ1) is 15.0. The van der Waals surface area contributed by atoms with E-state index in [0.29, 0.717) is 10.6 Å². The van der Waals surface area contributed by atoms with Gasteiger partial charge in [-0.2, -0.15) is 0 Å². The first-order chi connectivity index (χ1) is 10.1. The van der Waals surface area contributed by atoms with Gasteiger partial charge in [0, 0.05) is 0 Å². The highest BCUT2D eigenvalue weighted by atomic mass is 35.5. The lowest BCUT2D eigenvalue weighted by Crippen LogP contribution is -2.32. The molecule has 0 aliphatic heterocycles. The number of hydrogen-bond donors (Lipinski definition) is 1. The van der Waals surface area contributed by atoms with Crippen molar-refractivity contribution in [2.24, 2.45) is 0 Å². The molecule has 0 aliphatic carbocycles. The molecule has 0 radical (unpaired) electrons. The SMILES string of the molecule is CCOC(=O)C(=O)NCc1nnc(-c2ccccc2Cl)o1. The number of hydrogen-bond acceptors (Lipinski definition) is 6. The van der Waals surface area contributed by atoms with Crippen LogP contribution in [0.3, 0.4) is 0 Å². The van der Waals surface area contributed by atoms with Crippen LogP contribution in [-0.4, -0.2) is 28.7 Å². The largest absolute Gasteiger partial charge is 0.459 e. The van der Waals surface area contributed by atoms with Gasteiger partial charge in [0.15, 0.2) is 0 Å². The summed E-state index contributed by atoms with van der Waals surface area (Å²) in [6.45, 7) is 1.66. The monoisotopic (exact) mass is 309 g/mol. The highest BCUT2D eigenvalue weighted by Gasteiger charge is 2.16. The smallest absolute Gasteiger partial charge is 0.396 e. The number of amides is 1. The molecule has 1 aromatic carbocycles. The number of benzene rings is 1. The lowest BCUT2D eigenvalue weighted by atomic mass is 10.2. The van der Waals surface area contributed by atoms with E-state index in [2.05, 4.69) is 20.3 Å². The standard InChI is InChI=1S/C13H12ClN3O4/c1-2-20-13(19)11(18)15-7-10-16-17-12(21-10)8-5-3-4-6-9(8)14/h3-6H,2,7H2,1H3,(H,15,18). The van der Waals surface area contributed by atoms with Crippen LogP contribution in [0.25, 0.3) is 11.5 Å². The maximum atomic E-state index is 11.3. The van der Waals surface area contributed by atoms with Gasteiger partial charge in [0.05, 0.1) is 23.7 Å². The fourth-order valence-electron chi connectivity index (χ4n) is 1.49. The average molecular weight is 310 g/mol. The number of nitrogens with zero attached hydrogens (tertiary/aromatic N) is 2. The van der Waals surface area contributed by atoms with Gasteiger partial charge in [0.25, 0.3) is 0 Å². The highest BCUT2D eigenvalue weighted by Crippen LogP contribution is 2.25. The van der Waals surface area contributed by atoms with Crippen molar-refractivity contribution in [3.63, 3.8) is 0 Å². The minimum Gasteiger partial charge on any atom is -0.459 e. The molecule has 110 valence electrons. The van der Waals surface area contributed by atoms with E-state index in [4.69, 9.17) is 16.0 Å². The molecule has 0 saturated carbocycles. The Bertz CT molecular complexity index is 656. The fraction of sp³-hybridized carbons (Fsp3) is 0.231. The first-order valence-corrected chi connectivity index (χ1v) is 6.52. The topological polar surface area (TPSA) is 94.3 Å². The van der Waals surface area contributed by atoms with Gasteiger partial charge in [0.2, 0.25) is 11.8 Å². The highest BCUT2D eigenvalue weighted by molar-refractivity contribution is 6.33. The van der Waals surface area contributed by atoms with Crippen molar-refractivity contribution in [3.8, 4) is 11.5 Å². The maximum absolute atomic E-state index is 11.3. The molecule has 2 aromatic rings. The van der Waals surface area contributed by atoms with Gasteiger partial charge < -0.3 is 14.5 Å². The van der Waals surface area contributed by atoms with Crippen molar-refractivity contribution in [2.75, 3.05) is 6.61 Å². The molecule has 0 bridgehead atoms. The number of aromatic nitrogens is 2. The third-order valence-electron chi connectivity index (χ3n) is 2.43. The summed E-state index contributed by atoms with van der Waals surface area (Å²) in [4.78, 5) is 22.5.